The lowest BCUT2D eigenvalue weighted by atomic mass is 9.91. The van der Waals surface area contributed by atoms with Crippen molar-refractivity contribution in [2.75, 3.05) is 26.2 Å². The second-order valence-corrected chi connectivity index (χ2v) is 6.72. The molecule has 0 aromatic carbocycles. The summed E-state index contributed by atoms with van der Waals surface area (Å²) in [7, 11) is 1.90. The third kappa shape index (κ3) is 4.80. The van der Waals surface area contributed by atoms with E-state index in [1.165, 1.54) is 0 Å². The summed E-state index contributed by atoms with van der Waals surface area (Å²) in [6.45, 7) is 10.1. The van der Waals surface area contributed by atoms with Crippen LogP contribution in [0.1, 0.15) is 51.8 Å². The number of hydrogen-bond acceptors (Lipinski definition) is 4. The number of carbonyl (C=O) groups is 1. The molecule has 136 valence electrons. The third-order valence-electron chi connectivity index (χ3n) is 4.72. The van der Waals surface area contributed by atoms with Gasteiger partial charge in [-0.3, -0.25) is 9.48 Å². The van der Waals surface area contributed by atoms with Crippen LogP contribution in [0.5, 0.6) is 0 Å². The van der Waals surface area contributed by atoms with E-state index in [9.17, 15) is 4.79 Å². The minimum absolute atomic E-state index is 0.0981. The van der Waals surface area contributed by atoms with E-state index in [0.29, 0.717) is 6.61 Å². The normalized spacial score (nSPS) is 22.5. The number of amides is 1. The minimum atomic E-state index is -0.198. The molecule has 2 rings (SSSR count). The number of hydrogen-bond donors (Lipinski definition) is 1. The molecule has 1 aromatic heterocycles. The highest BCUT2D eigenvalue weighted by atomic mass is 16.5. The minimum Gasteiger partial charge on any atom is -0.371 e. The van der Waals surface area contributed by atoms with E-state index in [4.69, 9.17) is 4.74 Å². The maximum Gasteiger partial charge on any atom is 0.226 e. The highest BCUT2D eigenvalue weighted by Crippen LogP contribution is 2.33. The first kappa shape index (κ1) is 18.9. The largest absolute Gasteiger partial charge is 0.371 e. The van der Waals surface area contributed by atoms with Crippen molar-refractivity contribution in [2.24, 2.45) is 13.0 Å². The van der Waals surface area contributed by atoms with Crippen molar-refractivity contribution in [2.45, 2.75) is 52.2 Å². The lowest BCUT2D eigenvalue weighted by Gasteiger charge is -2.32. The lowest BCUT2D eigenvalue weighted by molar-refractivity contribution is -0.135. The van der Waals surface area contributed by atoms with Crippen molar-refractivity contribution in [1.82, 2.24) is 20.0 Å². The third-order valence-corrected chi connectivity index (χ3v) is 4.72. The van der Waals surface area contributed by atoms with Crippen LogP contribution in [0.25, 0.3) is 0 Å². The van der Waals surface area contributed by atoms with Crippen LogP contribution in [-0.2, 0) is 16.6 Å². The van der Waals surface area contributed by atoms with Crippen molar-refractivity contribution in [3.63, 3.8) is 0 Å². The summed E-state index contributed by atoms with van der Waals surface area (Å²) < 4.78 is 7.73. The Labute approximate surface area is 145 Å². The van der Waals surface area contributed by atoms with Gasteiger partial charge in [0.25, 0.3) is 0 Å². The van der Waals surface area contributed by atoms with Crippen molar-refractivity contribution < 1.29 is 9.53 Å². The monoisotopic (exact) mass is 336 g/mol. The highest BCUT2D eigenvalue weighted by molar-refractivity contribution is 5.79. The van der Waals surface area contributed by atoms with Gasteiger partial charge in [0.2, 0.25) is 5.91 Å². The van der Waals surface area contributed by atoms with E-state index < -0.39 is 0 Å². The molecule has 0 aliphatic carbocycles. The van der Waals surface area contributed by atoms with Gasteiger partial charge in [-0.1, -0.05) is 13.8 Å². The molecule has 6 nitrogen and oxygen atoms in total. The molecule has 1 amide bonds. The van der Waals surface area contributed by atoms with E-state index in [2.05, 4.69) is 36.1 Å². The Morgan fingerprint density at radius 3 is 2.96 bits per heavy atom. The molecule has 1 aliphatic rings. The Morgan fingerprint density at radius 1 is 1.54 bits per heavy atom. The quantitative estimate of drug-likeness (QED) is 0.790. The molecular formula is C18H32N4O2. The summed E-state index contributed by atoms with van der Waals surface area (Å²) in [4.78, 5) is 15.2. The van der Waals surface area contributed by atoms with Gasteiger partial charge in [0, 0.05) is 32.4 Å². The van der Waals surface area contributed by atoms with Crippen LogP contribution in [0.3, 0.4) is 0 Å². The number of rotatable bonds is 8. The van der Waals surface area contributed by atoms with E-state index >= 15 is 0 Å². The van der Waals surface area contributed by atoms with Crippen LogP contribution in [0, 0.1) is 5.92 Å². The Kier molecular flexibility index (Phi) is 7.24. The van der Waals surface area contributed by atoms with Crippen molar-refractivity contribution in [3.05, 3.63) is 18.0 Å². The second kappa shape index (κ2) is 9.18. The molecule has 0 unspecified atom stereocenters. The van der Waals surface area contributed by atoms with Crippen molar-refractivity contribution in [1.29, 1.82) is 0 Å². The number of ether oxygens (including phenoxy) is 1. The Bertz CT molecular complexity index is 517. The fraction of sp³-hybridized carbons (Fsp3) is 0.778. The molecule has 3 atom stereocenters. The topological polar surface area (TPSA) is 59.4 Å². The van der Waals surface area contributed by atoms with E-state index in [1.54, 1.807) is 10.9 Å². The molecule has 1 N–H and O–H groups in total. The van der Waals surface area contributed by atoms with Gasteiger partial charge in [0.05, 0.1) is 11.6 Å². The number of nitrogens with zero attached hydrogens (tertiary/aromatic N) is 3. The Morgan fingerprint density at radius 2 is 2.33 bits per heavy atom. The maximum absolute atomic E-state index is 12.8. The van der Waals surface area contributed by atoms with Crippen molar-refractivity contribution >= 4 is 5.91 Å². The van der Waals surface area contributed by atoms with Crippen LogP contribution >= 0.6 is 0 Å². The van der Waals surface area contributed by atoms with Gasteiger partial charge in [-0.15, -0.1) is 0 Å². The molecule has 6 heteroatoms. The average molecular weight is 336 g/mol. The zero-order valence-corrected chi connectivity index (χ0v) is 15.5. The fourth-order valence-electron chi connectivity index (χ4n) is 3.48. The fourth-order valence-corrected chi connectivity index (χ4v) is 3.48. The van der Waals surface area contributed by atoms with Crippen LogP contribution in [-0.4, -0.2) is 52.9 Å². The number of aryl methyl sites for hydroxylation is 1. The molecule has 1 aliphatic heterocycles. The highest BCUT2D eigenvalue weighted by Gasteiger charge is 2.35. The molecule has 24 heavy (non-hydrogen) atoms. The van der Waals surface area contributed by atoms with Crippen LogP contribution in [0.4, 0.5) is 0 Å². The van der Waals surface area contributed by atoms with E-state index in [-0.39, 0.29) is 24.0 Å². The predicted octanol–water partition coefficient (Wildman–Crippen LogP) is 2.12. The molecule has 1 saturated heterocycles. The summed E-state index contributed by atoms with van der Waals surface area (Å²) in [5, 5.41) is 7.41. The second-order valence-electron chi connectivity index (χ2n) is 6.72. The average Bonchev–Trinajstić information content (AvgIpc) is 3.00. The summed E-state index contributed by atoms with van der Waals surface area (Å²) in [6, 6.07) is 2.08. The first-order valence-electron chi connectivity index (χ1n) is 9.19. The Balaban J connectivity index is 1.97. The number of likely N-dealkylation sites (N-methyl/N-ethyl adjacent to an activating group) is 1. The van der Waals surface area contributed by atoms with Gasteiger partial charge in [-0.25, -0.2) is 0 Å². The van der Waals surface area contributed by atoms with E-state index in [0.717, 1.165) is 44.6 Å². The van der Waals surface area contributed by atoms with Gasteiger partial charge in [-0.2, -0.15) is 5.10 Å². The number of aromatic nitrogens is 2. The van der Waals surface area contributed by atoms with Gasteiger partial charge in [0.1, 0.15) is 6.10 Å². The predicted molar refractivity (Wildman–Crippen MR) is 94.6 cm³/mol. The Hall–Kier alpha value is -1.40. The molecule has 1 aromatic rings. The molecule has 1 fully saturated rings. The summed E-state index contributed by atoms with van der Waals surface area (Å²) in [5.74, 6) is -0.0428. The standard InChI is InChI=1S/C18H32N4O2/c1-5-11-22(6-2)13-14(3)20-18(23)15-8-7-12-24-17(15)16-9-10-19-21(16)4/h9-10,14-15,17H,5-8,11-13H2,1-4H3,(H,20,23)/t14-,15-,17-/m1/s1. The molecule has 0 radical (unpaired) electrons. The summed E-state index contributed by atoms with van der Waals surface area (Å²) >= 11 is 0. The maximum atomic E-state index is 12.8. The SMILES string of the molecule is CCCN(CC)C[C@@H](C)NC(=O)[C@@H]1CCCO[C@H]1c1ccnn1C. The first-order valence-corrected chi connectivity index (χ1v) is 9.19. The molecule has 0 saturated carbocycles. The smallest absolute Gasteiger partial charge is 0.226 e. The van der Waals surface area contributed by atoms with Crippen molar-refractivity contribution in [3.8, 4) is 0 Å². The lowest BCUT2D eigenvalue weighted by Crippen LogP contribution is -2.46. The molecule has 2 heterocycles. The van der Waals surface area contributed by atoms with Crippen LogP contribution < -0.4 is 5.32 Å². The summed E-state index contributed by atoms with van der Waals surface area (Å²) in [6.07, 6.45) is 4.48. The summed E-state index contributed by atoms with van der Waals surface area (Å²) in [5.41, 5.74) is 0.976. The van der Waals surface area contributed by atoms with E-state index in [1.807, 2.05) is 13.1 Å². The molecule has 0 bridgehead atoms. The zero-order valence-electron chi connectivity index (χ0n) is 15.5. The zero-order chi connectivity index (χ0) is 17.5. The van der Waals surface area contributed by atoms with Gasteiger partial charge in [0.15, 0.2) is 0 Å². The molecular weight excluding hydrogens is 304 g/mol. The van der Waals surface area contributed by atoms with Gasteiger partial charge in [-0.05, 0) is 45.3 Å². The number of carbonyl (C=O) groups excluding carboxylic acids is 1. The molecule has 0 spiro atoms. The number of nitrogens with one attached hydrogen (secondary N) is 1. The van der Waals surface area contributed by atoms with Gasteiger partial charge < -0.3 is 15.0 Å². The van der Waals surface area contributed by atoms with Crippen LogP contribution in [0.15, 0.2) is 12.3 Å². The van der Waals surface area contributed by atoms with Gasteiger partial charge >= 0.3 is 0 Å². The first-order chi connectivity index (χ1) is 11.6. The van der Waals surface area contributed by atoms with Crippen LogP contribution in [0.2, 0.25) is 0 Å².